The van der Waals surface area contributed by atoms with E-state index >= 15 is 0 Å². The van der Waals surface area contributed by atoms with Gasteiger partial charge in [-0.3, -0.25) is 4.79 Å². The number of allylic oxidation sites excluding steroid dienone is 2. The maximum atomic E-state index is 12.5. The molecule has 0 bridgehead atoms. The number of aliphatic hydroxyl groups is 4. The molecule has 4 N–H and O–H groups in total. The highest BCUT2D eigenvalue weighted by molar-refractivity contribution is 5.88. The first kappa shape index (κ1) is 32.5. The van der Waals surface area contributed by atoms with Crippen LogP contribution < -0.4 is 0 Å². The normalized spacial score (nSPS) is 28.6. The Balaban J connectivity index is 3.35. The standard InChI is InChI=1S/C27H42O10/c1-10-14(3)24(31)36-21(26(7,8)33)13-19(29)16(5)18-12-20(30)27(9,34)23(22(18)35-17(6)28)37-25(32)15(4)11-2/h10-11,18-23,29-30,33-34H,5,12-13H2,1-4,6-9H3/b14-10-,15-11-/t18-,19-,20-,21-,22+,23+,27-/m1/s1. The summed E-state index contributed by atoms with van der Waals surface area (Å²) in [6, 6.07) is 0. The third-order valence-electron chi connectivity index (χ3n) is 6.85. The summed E-state index contributed by atoms with van der Waals surface area (Å²) in [5, 5.41) is 43.4. The van der Waals surface area contributed by atoms with Crippen LogP contribution in [0.1, 0.15) is 68.2 Å². The van der Waals surface area contributed by atoms with Gasteiger partial charge in [-0.15, -0.1) is 0 Å². The maximum Gasteiger partial charge on any atom is 0.333 e. The van der Waals surface area contributed by atoms with Gasteiger partial charge < -0.3 is 34.6 Å². The fraction of sp³-hybridized carbons (Fsp3) is 0.667. The van der Waals surface area contributed by atoms with Crippen LogP contribution >= 0.6 is 0 Å². The minimum Gasteiger partial charge on any atom is -0.458 e. The van der Waals surface area contributed by atoms with E-state index in [0.717, 1.165) is 6.92 Å². The highest BCUT2D eigenvalue weighted by Gasteiger charge is 2.56. The van der Waals surface area contributed by atoms with Gasteiger partial charge in [-0.05, 0) is 60.5 Å². The van der Waals surface area contributed by atoms with Crippen molar-refractivity contribution in [2.75, 3.05) is 0 Å². The van der Waals surface area contributed by atoms with E-state index in [1.165, 1.54) is 33.8 Å². The first-order valence-electron chi connectivity index (χ1n) is 12.2. The Kier molecular flexibility index (Phi) is 11.3. The number of hydrogen-bond acceptors (Lipinski definition) is 10. The third-order valence-corrected chi connectivity index (χ3v) is 6.85. The summed E-state index contributed by atoms with van der Waals surface area (Å²) >= 11 is 0. The van der Waals surface area contributed by atoms with E-state index in [9.17, 15) is 34.8 Å². The van der Waals surface area contributed by atoms with E-state index in [4.69, 9.17) is 14.2 Å². The molecule has 0 aromatic carbocycles. The smallest absolute Gasteiger partial charge is 0.333 e. The SMILES string of the molecule is C=C([C@H](O)C[C@@H](OC(=O)/C(C)=C\C)C(C)(C)O)[C@H]1C[C@@H](O)[C@@](C)(O)[C@@H](OC(=O)/C(C)=C\C)[C@H]1OC(C)=O. The molecular weight excluding hydrogens is 484 g/mol. The van der Waals surface area contributed by atoms with E-state index in [1.807, 2.05) is 0 Å². The van der Waals surface area contributed by atoms with Gasteiger partial charge in [0.2, 0.25) is 0 Å². The zero-order valence-electron chi connectivity index (χ0n) is 23.0. The van der Waals surface area contributed by atoms with Crippen molar-refractivity contribution in [1.82, 2.24) is 0 Å². The highest BCUT2D eigenvalue weighted by atomic mass is 16.6. The fourth-order valence-corrected chi connectivity index (χ4v) is 3.98. The van der Waals surface area contributed by atoms with Gasteiger partial charge in [0.25, 0.3) is 0 Å². The number of esters is 3. The predicted octanol–water partition coefficient (Wildman–Crippen LogP) is 1.88. The van der Waals surface area contributed by atoms with Crippen molar-refractivity contribution < 1.29 is 49.0 Å². The second-order valence-electron chi connectivity index (χ2n) is 10.3. The van der Waals surface area contributed by atoms with Gasteiger partial charge in [0, 0.05) is 30.4 Å². The Labute approximate surface area is 218 Å². The van der Waals surface area contributed by atoms with Crippen molar-refractivity contribution in [3.63, 3.8) is 0 Å². The third kappa shape index (κ3) is 8.23. The lowest BCUT2D eigenvalue weighted by Crippen LogP contribution is -2.64. The second kappa shape index (κ2) is 12.8. The molecule has 7 atom stereocenters. The Hall–Kier alpha value is -2.53. The van der Waals surface area contributed by atoms with Gasteiger partial charge in [-0.2, -0.15) is 0 Å². The van der Waals surface area contributed by atoms with Gasteiger partial charge in [0.1, 0.15) is 17.8 Å². The van der Waals surface area contributed by atoms with Crippen LogP contribution in [0.3, 0.4) is 0 Å². The molecule has 0 saturated heterocycles. The second-order valence-corrected chi connectivity index (χ2v) is 10.3. The molecule has 10 heteroatoms. The maximum absolute atomic E-state index is 12.5. The van der Waals surface area contributed by atoms with Gasteiger partial charge in [0.15, 0.2) is 6.10 Å². The van der Waals surface area contributed by atoms with E-state index in [1.54, 1.807) is 26.8 Å². The zero-order chi connectivity index (χ0) is 28.9. The Bertz CT molecular complexity index is 924. The van der Waals surface area contributed by atoms with Crippen molar-refractivity contribution in [1.29, 1.82) is 0 Å². The summed E-state index contributed by atoms with van der Waals surface area (Å²) in [6.45, 7) is 15.5. The highest BCUT2D eigenvalue weighted by Crippen LogP contribution is 2.41. The lowest BCUT2D eigenvalue weighted by atomic mass is 9.69. The van der Waals surface area contributed by atoms with Gasteiger partial charge in [-0.25, -0.2) is 9.59 Å². The van der Waals surface area contributed by atoms with Crippen molar-refractivity contribution in [3.05, 3.63) is 35.5 Å². The van der Waals surface area contributed by atoms with Crippen molar-refractivity contribution >= 4 is 17.9 Å². The molecule has 0 aromatic heterocycles. The fourth-order valence-electron chi connectivity index (χ4n) is 3.98. The first-order valence-corrected chi connectivity index (χ1v) is 12.2. The first-order chi connectivity index (χ1) is 16.9. The van der Waals surface area contributed by atoms with Crippen LogP contribution in [0.25, 0.3) is 0 Å². The van der Waals surface area contributed by atoms with E-state index < -0.39 is 65.5 Å². The molecule has 1 rings (SSSR count). The topological polar surface area (TPSA) is 160 Å². The van der Waals surface area contributed by atoms with Crippen LogP contribution in [0, 0.1) is 5.92 Å². The number of rotatable bonds is 10. The Morgan fingerprint density at radius 3 is 2.05 bits per heavy atom. The van der Waals surface area contributed by atoms with Crippen LogP contribution in [0.4, 0.5) is 0 Å². The predicted molar refractivity (Wildman–Crippen MR) is 135 cm³/mol. The molecule has 0 aromatic rings. The Morgan fingerprint density at radius 2 is 1.59 bits per heavy atom. The molecule has 10 nitrogen and oxygen atoms in total. The molecule has 0 unspecified atom stereocenters. The van der Waals surface area contributed by atoms with Crippen LogP contribution in [0.5, 0.6) is 0 Å². The van der Waals surface area contributed by atoms with Crippen molar-refractivity contribution in [2.45, 2.75) is 110 Å². The summed E-state index contributed by atoms with van der Waals surface area (Å²) in [4.78, 5) is 36.8. The van der Waals surface area contributed by atoms with Gasteiger partial charge in [0.05, 0.1) is 17.8 Å². The largest absolute Gasteiger partial charge is 0.458 e. The molecule has 1 fully saturated rings. The van der Waals surface area contributed by atoms with E-state index in [2.05, 4.69) is 6.58 Å². The number of carbonyl (C=O) groups is 3. The molecule has 1 saturated carbocycles. The summed E-state index contributed by atoms with van der Waals surface area (Å²) in [5.74, 6) is -3.13. The van der Waals surface area contributed by atoms with Crippen LogP contribution in [-0.2, 0) is 28.6 Å². The number of ether oxygens (including phenoxy) is 3. The summed E-state index contributed by atoms with van der Waals surface area (Å²) in [6.07, 6.45) is -4.13. The lowest BCUT2D eigenvalue weighted by Gasteiger charge is -2.48. The molecule has 0 aliphatic heterocycles. The van der Waals surface area contributed by atoms with Crippen molar-refractivity contribution in [2.24, 2.45) is 5.92 Å². The monoisotopic (exact) mass is 526 g/mol. The van der Waals surface area contributed by atoms with Crippen LogP contribution in [0.15, 0.2) is 35.5 Å². The van der Waals surface area contributed by atoms with E-state index in [0.29, 0.717) is 5.57 Å². The molecule has 0 amide bonds. The molecule has 0 spiro atoms. The molecular formula is C27H42O10. The van der Waals surface area contributed by atoms with Crippen LogP contribution in [-0.4, -0.2) is 80.1 Å². The summed E-state index contributed by atoms with van der Waals surface area (Å²) < 4.78 is 16.4. The molecule has 0 heterocycles. The quantitative estimate of drug-likeness (QED) is 0.143. The average Bonchev–Trinajstić information content (AvgIpc) is 2.80. The molecule has 37 heavy (non-hydrogen) atoms. The minimum absolute atomic E-state index is 0.0812. The van der Waals surface area contributed by atoms with Crippen molar-refractivity contribution in [3.8, 4) is 0 Å². The number of aliphatic hydroxyl groups excluding tert-OH is 2. The van der Waals surface area contributed by atoms with Crippen LogP contribution in [0.2, 0.25) is 0 Å². The molecule has 1 aliphatic carbocycles. The summed E-state index contributed by atoms with van der Waals surface area (Å²) in [7, 11) is 0. The lowest BCUT2D eigenvalue weighted by molar-refractivity contribution is -0.229. The van der Waals surface area contributed by atoms with Gasteiger partial charge in [-0.1, -0.05) is 18.7 Å². The minimum atomic E-state index is -1.99. The summed E-state index contributed by atoms with van der Waals surface area (Å²) in [5.41, 5.74) is -2.88. The molecule has 0 radical (unpaired) electrons. The van der Waals surface area contributed by atoms with E-state index in [-0.39, 0.29) is 24.0 Å². The average molecular weight is 527 g/mol. The molecule has 210 valence electrons. The number of carbonyl (C=O) groups excluding carboxylic acids is 3. The zero-order valence-corrected chi connectivity index (χ0v) is 23.0. The number of hydrogen-bond donors (Lipinski definition) is 4. The molecule has 1 aliphatic rings. The van der Waals surface area contributed by atoms with Gasteiger partial charge >= 0.3 is 17.9 Å². The Morgan fingerprint density at radius 1 is 1.08 bits per heavy atom.